The smallest absolute Gasteiger partial charge is 0.292 e. The molecular formula is C28H32ClN9O4. The van der Waals surface area contributed by atoms with Crippen LogP contribution >= 0.6 is 11.6 Å². The number of nitrogens with one attached hydrogen (secondary N) is 1. The molecule has 1 aliphatic rings. The monoisotopic (exact) mass is 593 g/mol. The number of hydrogen-bond acceptors (Lipinski definition) is 11. The fourth-order valence-electron chi connectivity index (χ4n) is 4.82. The Kier molecular flexibility index (Phi) is 8.98. The highest BCUT2D eigenvalue weighted by atomic mass is 35.5. The van der Waals surface area contributed by atoms with Crippen LogP contribution in [-0.4, -0.2) is 62.5 Å². The summed E-state index contributed by atoms with van der Waals surface area (Å²) in [6, 6.07) is 9.30. The van der Waals surface area contributed by atoms with Gasteiger partial charge in [-0.3, -0.25) is 9.69 Å². The predicted molar refractivity (Wildman–Crippen MR) is 156 cm³/mol. The number of aryl methyl sites for hydroxylation is 2. The summed E-state index contributed by atoms with van der Waals surface area (Å²) in [6.45, 7) is 6.42. The average Bonchev–Trinajstić information content (AvgIpc) is 3.60. The molecule has 4 aromatic rings. The maximum Gasteiger partial charge on any atom is 0.292 e. The van der Waals surface area contributed by atoms with Crippen molar-refractivity contribution in [3.05, 3.63) is 69.0 Å². The van der Waals surface area contributed by atoms with Gasteiger partial charge >= 0.3 is 0 Å². The summed E-state index contributed by atoms with van der Waals surface area (Å²) in [5.41, 5.74) is 12.5. The fraction of sp³-hybridized carbons (Fsp3) is 0.357. The number of aromatic nitrogens is 5. The molecule has 14 heteroatoms. The summed E-state index contributed by atoms with van der Waals surface area (Å²) in [5, 5.41) is 20.6. The number of likely N-dealkylation sites (tertiary alicyclic amines) is 1. The van der Waals surface area contributed by atoms with Crippen LogP contribution in [0, 0.1) is 13.8 Å². The molecule has 0 saturated carbocycles. The van der Waals surface area contributed by atoms with Crippen molar-refractivity contribution in [2.24, 2.45) is 5.10 Å². The first-order valence-corrected chi connectivity index (χ1v) is 13.9. The normalized spacial score (nSPS) is 13.9. The second-order valence-electron chi connectivity index (χ2n) is 10.0. The van der Waals surface area contributed by atoms with Crippen LogP contribution in [0.5, 0.6) is 11.5 Å². The number of nitrogens with zero attached hydrogens (tertiary/aromatic N) is 7. The molecule has 0 unspecified atom stereocenters. The molecule has 0 aliphatic carbocycles. The molecule has 13 nitrogen and oxygen atoms in total. The molecule has 0 atom stereocenters. The summed E-state index contributed by atoms with van der Waals surface area (Å²) in [6.07, 6.45) is 4.90. The maximum absolute atomic E-state index is 13.4. The Morgan fingerprint density at radius 3 is 2.62 bits per heavy atom. The molecule has 0 spiro atoms. The Morgan fingerprint density at radius 1 is 1.17 bits per heavy atom. The molecule has 1 saturated heterocycles. The van der Waals surface area contributed by atoms with Crippen molar-refractivity contribution in [2.75, 3.05) is 25.9 Å². The van der Waals surface area contributed by atoms with Crippen molar-refractivity contribution in [3.8, 4) is 17.3 Å². The van der Waals surface area contributed by atoms with E-state index in [-0.39, 0.29) is 23.9 Å². The minimum atomic E-state index is -0.531. The number of piperidine rings is 1. The van der Waals surface area contributed by atoms with E-state index < -0.39 is 5.91 Å². The molecule has 3 heterocycles. The van der Waals surface area contributed by atoms with Gasteiger partial charge in [-0.25, -0.2) is 10.1 Å². The number of nitrogen functional groups attached to an aromatic ring is 1. The van der Waals surface area contributed by atoms with E-state index in [1.807, 2.05) is 44.2 Å². The van der Waals surface area contributed by atoms with Gasteiger partial charge in [-0.05, 0) is 97.1 Å². The lowest BCUT2D eigenvalue weighted by molar-refractivity contribution is 0.0944. The summed E-state index contributed by atoms with van der Waals surface area (Å²) in [5.74, 6) is 0.897. The summed E-state index contributed by atoms with van der Waals surface area (Å²) in [7, 11) is 1.60. The second kappa shape index (κ2) is 13.0. The number of carbonyl (C=O) groups is 1. The number of rotatable bonds is 10. The van der Waals surface area contributed by atoms with Crippen LogP contribution in [0.4, 0.5) is 5.82 Å². The van der Waals surface area contributed by atoms with Gasteiger partial charge in [0.1, 0.15) is 23.8 Å². The third-order valence-electron chi connectivity index (χ3n) is 6.96. The second-order valence-corrected chi connectivity index (χ2v) is 10.4. The Labute approximate surface area is 247 Å². The average molecular weight is 594 g/mol. The molecule has 42 heavy (non-hydrogen) atoms. The van der Waals surface area contributed by atoms with Crippen molar-refractivity contribution >= 4 is 29.5 Å². The van der Waals surface area contributed by atoms with Gasteiger partial charge in [-0.1, -0.05) is 23.2 Å². The van der Waals surface area contributed by atoms with E-state index in [1.54, 1.807) is 7.11 Å². The quantitative estimate of drug-likeness (QED) is 0.204. The minimum Gasteiger partial charge on any atom is -0.496 e. The number of benzene rings is 2. The molecule has 1 aliphatic heterocycles. The number of methoxy groups -OCH3 is 1. The number of nitrogens with two attached hydrogens (primary N) is 1. The Bertz CT molecular complexity index is 1570. The summed E-state index contributed by atoms with van der Waals surface area (Å²) in [4.78, 5) is 15.6. The van der Waals surface area contributed by atoms with Crippen molar-refractivity contribution in [3.63, 3.8) is 0 Å². The fourth-order valence-corrected chi connectivity index (χ4v) is 4.93. The van der Waals surface area contributed by atoms with Gasteiger partial charge in [0.2, 0.25) is 11.6 Å². The van der Waals surface area contributed by atoms with Crippen molar-refractivity contribution in [1.82, 2.24) is 35.6 Å². The highest BCUT2D eigenvalue weighted by Crippen LogP contribution is 2.28. The number of carbonyl (C=O) groups excluding carboxylic acids is 1. The van der Waals surface area contributed by atoms with Crippen LogP contribution in [0.2, 0.25) is 5.02 Å². The molecule has 2 aromatic carbocycles. The minimum absolute atomic E-state index is 0.0149. The first-order chi connectivity index (χ1) is 20.3. The van der Waals surface area contributed by atoms with Crippen molar-refractivity contribution in [1.29, 1.82) is 0 Å². The molecule has 2 aromatic heterocycles. The van der Waals surface area contributed by atoms with Gasteiger partial charge in [0.25, 0.3) is 5.91 Å². The van der Waals surface area contributed by atoms with E-state index >= 15 is 0 Å². The number of hydrazone groups is 1. The molecular weight excluding hydrogens is 562 g/mol. The summed E-state index contributed by atoms with van der Waals surface area (Å²) < 4.78 is 17.5. The van der Waals surface area contributed by atoms with Crippen LogP contribution in [0.3, 0.4) is 0 Å². The molecule has 5 rings (SSSR count). The van der Waals surface area contributed by atoms with Crippen LogP contribution in [0.1, 0.15) is 57.7 Å². The maximum atomic E-state index is 13.4. The topological polar surface area (TPSA) is 159 Å². The number of halogens is 1. The van der Waals surface area contributed by atoms with E-state index in [4.69, 9.17) is 31.4 Å². The van der Waals surface area contributed by atoms with Crippen molar-refractivity contribution < 1.29 is 18.9 Å². The zero-order valence-electron chi connectivity index (χ0n) is 23.6. The van der Waals surface area contributed by atoms with Crippen LogP contribution < -0.4 is 20.6 Å². The molecule has 1 fully saturated rings. The van der Waals surface area contributed by atoms with Gasteiger partial charge < -0.3 is 15.2 Å². The molecule has 0 radical (unpaired) electrons. The number of anilines is 1. The lowest BCUT2D eigenvalue weighted by atomic mass is 10.1. The zero-order valence-corrected chi connectivity index (χ0v) is 24.4. The third-order valence-corrected chi connectivity index (χ3v) is 7.56. The number of ether oxygens (including phenoxy) is 2. The van der Waals surface area contributed by atoms with Gasteiger partial charge in [0, 0.05) is 17.1 Å². The Balaban J connectivity index is 1.32. The van der Waals surface area contributed by atoms with Crippen molar-refractivity contribution in [2.45, 2.75) is 46.3 Å². The molecule has 1 amide bonds. The van der Waals surface area contributed by atoms with E-state index in [0.717, 1.165) is 53.2 Å². The van der Waals surface area contributed by atoms with E-state index in [9.17, 15) is 4.79 Å². The van der Waals surface area contributed by atoms with E-state index in [2.05, 4.69) is 36.1 Å². The Hall–Kier alpha value is -4.49. The van der Waals surface area contributed by atoms with Gasteiger partial charge in [-0.15, -0.1) is 5.10 Å². The summed E-state index contributed by atoms with van der Waals surface area (Å²) >= 11 is 6.29. The highest BCUT2D eigenvalue weighted by Gasteiger charge is 2.26. The van der Waals surface area contributed by atoms with Gasteiger partial charge in [-0.2, -0.15) is 9.78 Å². The lowest BCUT2D eigenvalue weighted by Crippen LogP contribution is -2.31. The van der Waals surface area contributed by atoms with Crippen LogP contribution in [-0.2, 0) is 13.2 Å². The SMILES string of the molecule is COc1ccc(/C=N\NC(=O)c2c(CN3CCCCC3)nnn2-c2nonc2N)cc1COc1cc(C)c(Cl)c(C)c1. The molecule has 3 N–H and O–H groups in total. The number of hydrogen-bond donors (Lipinski definition) is 2. The van der Waals surface area contributed by atoms with Crippen LogP contribution in [0.15, 0.2) is 40.1 Å². The van der Waals surface area contributed by atoms with Crippen LogP contribution in [0.25, 0.3) is 5.82 Å². The van der Waals surface area contributed by atoms with Gasteiger partial charge in [0.05, 0.1) is 13.3 Å². The molecule has 220 valence electrons. The largest absolute Gasteiger partial charge is 0.496 e. The predicted octanol–water partition coefficient (Wildman–Crippen LogP) is 3.84. The Morgan fingerprint density at radius 2 is 1.93 bits per heavy atom. The third kappa shape index (κ3) is 6.52. The van der Waals surface area contributed by atoms with E-state index in [1.165, 1.54) is 17.3 Å². The highest BCUT2D eigenvalue weighted by molar-refractivity contribution is 6.32. The first-order valence-electron chi connectivity index (χ1n) is 13.5. The zero-order chi connectivity index (χ0) is 29.6. The standard InChI is InChI=1S/C28H32ClN9O4/c1-17-11-21(12-18(2)24(17)29)41-16-20-13-19(7-8-23(20)40-3)14-31-33-28(39)25-22(15-37-9-5-4-6-10-37)32-36-38(25)27-26(30)34-42-35-27/h7-8,11-14H,4-6,9-10,15-16H2,1-3H3,(H2,30,34)(H,33,39)/b31-14-. The molecule has 0 bridgehead atoms. The first kappa shape index (κ1) is 29.0. The van der Waals surface area contributed by atoms with Gasteiger partial charge in [0.15, 0.2) is 5.69 Å². The number of amides is 1. The lowest BCUT2D eigenvalue weighted by Gasteiger charge is -2.25. The van der Waals surface area contributed by atoms with E-state index in [0.29, 0.717) is 23.7 Å².